The molecule has 0 spiro atoms. The Morgan fingerprint density at radius 3 is 2.15 bits per heavy atom. The Bertz CT molecular complexity index is 617. The van der Waals surface area contributed by atoms with Crippen molar-refractivity contribution in [3.05, 3.63) is 61.5 Å². The standard InChI is InChI=1S/C16H15Br2ClO/c1-9-6-11(7-10(2)16(9)20-3)15(19)13-5-4-12(17)8-14(13)18/h4-8,15H,1-3H3. The van der Waals surface area contributed by atoms with E-state index in [0.29, 0.717) is 0 Å². The van der Waals surface area contributed by atoms with E-state index in [0.717, 1.165) is 36.9 Å². The molecule has 2 rings (SSSR count). The maximum Gasteiger partial charge on any atom is 0.124 e. The van der Waals surface area contributed by atoms with Crippen molar-refractivity contribution in [2.75, 3.05) is 7.11 Å². The molecule has 0 N–H and O–H groups in total. The first kappa shape index (κ1) is 15.9. The maximum atomic E-state index is 6.64. The van der Waals surface area contributed by atoms with Crippen LogP contribution in [0.25, 0.3) is 0 Å². The van der Waals surface area contributed by atoms with Gasteiger partial charge in [-0.25, -0.2) is 0 Å². The fourth-order valence-electron chi connectivity index (χ4n) is 2.34. The second kappa shape index (κ2) is 6.50. The van der Waals surface area contributed by atoms with Crippen LogP contribution in [0.4, 0.5) is 0 Å². The van der Waals surface area contributed by atoms with Crippen molar-refractivity contribution < 1.29 is 4.74 Å². The Balaban J connectivity index is 2.45. The largest absolute Gasteiger partial charge is 0.496 e. The van der Waals surface area contributed by atoms with Crippen molar-refractivity contribution in [1.82, 2.24) is 0 Å². The molecular weight excluding hydrogens is 403 g/mol. The van der Waals surface area contributed by atoms with Crippen LogP contribution in [0.5, 0.6) is 5.75 Å². The van der Waals surface area contributed by atoms with Crippen LogP contribution in [0.2, 0.25) is 0 Å². The molecule has 0 aromatic heterocycles. The monoisotopic (exact) mass is 416 g/mol. The summed E-state index contributed by atoms with van der Waals surface area (Å²) in [5, 5.41) is -0.194. The highest BCUT2D eigenvalue weighted by atomic mass is 79.9. The molecule has 0 saturated carbocycles. The number of hydrogen-bond acceptors (Lipinski definition) is 1. The normalized spacial score (nSPS) is 12.3. The van der Waals surface area contributed by atoms with Crippen LogP contribution >= 0.6 is 43.5 Å². The highest BCUT2D eigenvalue weighted by Crippen LogP contribution is 2.37. The van der Waals surface area contributed by atoms with Crippen molar-refractivity contribution >= 4 is 43.5 Å². The Morgan fingerprint density at radius 1 is 1.05 bits per heavy atom. The summed E-state index contributed by atoms with van der Waals surface area (Å²) in [5.41, 5.74) is 4.33. The molecular formula is C16H15Br2ClO. The molecule has 20 heavy (non-hydrogen) atoms. The summed E-state index contributed by atoms with van der Waals surface area (Å²) >= 11 is 13.7. The van der Waals surface area contributed by atoms with E-state index >= 15 is 0 Å². The minimum Gasteiger partial charge on any atom is -0.496 e. The van der Waals surface area contributed by atoms with Gasteiger partial charge in [0.05, 0.1) is 12.5 Å². The molecule has 2 aromatic rings. The van der Waals surface area contributed by atoms with Gasteiger partial charge >= 0.3 is 0 Å². The van der Waals surface area contributed by atoms with Crippen LogP contribution in [0.1, 0.15) is 27.6 Å². The maximum absolute atomic E-state index is 6.64. The van der Waals surface area contributed by atoms with E-state index in [4.69, 9.17) is 16.3 Å². The van der Waals surface area contributed by atoms with Crippen LogP contribution in [0.15, 0.2) is 39.3 Å². The van der Waals surface area contributed by atoms with Gasteiger partial charge in [0.2, 0.25) is 0 Å². The van der Waals surface area contributed by atoms with Crippen LogP contribution < -0.4 is 4.74 Å². The Hall–Kier alpha value is -0.510. The molecule has 0 heterocycles. The van der Waals surface area contributed by atoms with Crippen LogP contribution in [0, 0.1) is 13.8 Å². The van der Waals surface area contributed by atoms with Crippen molar-refractivity contribution in [3.8, 4) is 5.75 Å². The molecule has 1 nitrogen and oxygen atoms in total. The zero-order valence-electron chi connectivity index (χ0n) is 11.5. The number of halogens is 3. The zero-order chi connectivity index (χ0) is 14.9. The molecule has 2 aromatic carbocycles. The van der Waals surface area contributed by atoms with E-state index in [9.17, 15) is 0 Å². The quantitative estimate of drug-likeness (QED) is 0.542. The van der Waals surface area contributed by atoms with Crippen molar-refractivity contribution in [2.45, 2.75) is 19.2 Å². The van der Waals surface area contributed by atoms with Crippen molar-refractivity contribution in [1.29, 1.82) is 0 Å². The molecule has 0 saturated heterocycles. The highest BCUT2D eigenvalue weighted by molar-refractivity contribution is 9.11. The predicted molar refractivity (Wildman–Crippen MR) is 92.0 cm³/mol. The lowest BCUT2D eigenvalue weighted by molar-refractivity contribution is 0.408. The topological polar surface area (TPSA) is 9.23 Å². The molecule has 0 bridgehead atoms. The van der Waals surface area contributed by atoms with Crippen LogP contribution in [-0.4, -0.2) is 7.11 Å². The fourth-order valence-corrected chi connectivity index (χ4v) is 4.06. The first-order valence-electron chi connectivity index (χ1n) is 6.18. The number of aryl methyl sites for hydroxylation is 2. The van der Waals surface area contributed by atoms with Crippen molar-refractivity contribution in [2.24, 2.45) is 0 Å². The first-order chi connectivity index (χ1) is 9.43. The van der Waals surface area contributed by atoms with Crippen LogP contribution in [0.3, 0.4) is 0 Å². The van der Waals surface area contributed by atoms with Gasteiger partial charge in [-0.1, -0.05) is 50.1 Å². The Kier molecular flexibility index (Phi) is 5.16. The smallest absolute Gasteiger partial charge is 0.124 e. The molecule has 1 unspecified atom stereocenters. The first-order valence-corrected chi connectivity index (χ1v) is 8.20. The lowest BCUT2D eigenvalue weighted by Gasteiger charge is -2.16. The molecule has 106 valence electrons. The molecule has 0 aliphatic carbocycles. The average molecular weight is 419 g/mol. The van der Waals surface area contributed by atoms with Gasteiger partial charge in [-0.05, 0) is 48.2 Å². The minimum atomic E-state index is -0.194. The molecule has 0 aliphatic rings. The number of benzene rings is 2. The number of rotatable bonds is 3. The Labute approximate surface area is 141 Å². The molecule has 0 aliphatic heterocycles. The summed E-state index contributed by atoms with van der Waals surface area (Å²) in [6.45, 7) is 4.07. The van der Waals surface area contributed by atoms with Gasteiger partial charge < -0.3 is 4.74 Å². The summed E-state index contributed by atoms with van der Waals surface area (Å²) in [5.74, 6) is 0.924. The predicted octanol–water partition coefficient (Wildman–Crippen LogP) is 6.17. The zero-order valence-corrected chi connectivity index (χ0v) is 15.4. The van der Waals surface area contributed by atoms with Gasteiger partial charge in [-0.3, -0.25) is 0 Å². The van der Waals surface area contributed by atoms with E-state index in [1.807, 2.05) is 32.0 Å². The highest BCUT2D eigenvalue weighted by Gasteiger charge is 2.16. The third-order valence-electron chi connectivity index (χ3n) is 3.21. The van der Waals surface area contributed by atoms with Gasteiger partial charge in [-0.15, -0.1) is 11.6 Å². The van der Waals surface area contributed by atoms with E-state index < -0.39 is 0 Å². The molecule has 1 atom stereocenters. The lowest BCUT2D eigenvalue weighted by atomic mass is 9.99. The number of hydrogen-bond donors (Lipinski definition) is 0. The van der Waals surface area contributed by atoms with Gasteiger partial charge in [-0.2, -0.15) is 0 Å². The summed E-state index contributed by atoms with van der Waals surface area (Å²) in [6, 6.07) is 10.2. The van der Waals surface area contributed by atoms with Gasteiger partial charge in [0.15, 0.2) is 0 Å². The van der Waals surface area contributed by atoms with E-state index in [2.05, 4.69) is 44.0 Å². The minimum absolute atomic E-state index is 0.194. The van der Waals surface area contributed by atoms with Crippen LogP contribution in [-0.2, 0) is 0 Å². The third kappa shape index (κ3) is 3.21. The molecule has 0 fully saturated rings. The number of ether oxygens (including phenoxy) is 1. The fraction of sp³-hybridized carbons (Fsp3) is 0.250. The third-order valence-corrected chi connectivity index (χ3v) is 4.88. The molecule has 4 heteroatoms. The second-order valence-corrected chi connectivity index (χ2v) is 6.92. The van der Waals surface area contributed by atoms with Crippen molar-refractivity contribution in [3.63, 3.8) is 0 Å². The summed E-state index contributed by atoms with van der Waals surface area (Å²) in [7, 11) is 1.69. The number of methoxy groups -OCH3 is 1. The number of alkyl halides is 1. The van der Waals surface area contributed by atoms with Gasteiger partial charge in [0, 0.05) is 8.95 Å². The SMILES string of the molecule is COc1c(C)cc(C(Cl)c2ccc(Br)cc2Br)cc1C. The summed E-state index contributed by atoms with van der Waals surface area (Å²) in [4.78, 5) is 0. The average Bonchev–Trinajstić information content (AvgIpc) is 2.37. The summed E-state index contributed by atoms with van der Waals surface area (Å²) in [6.07, 6.45) is 0. The van der Waals surface area contributed by atoms with E-state index in [1.165, 1.54) is 0 Å². The lowest BCUT2D eigenvalue weighted by Crippen LogP contribution is -1.99. The van der Waals surface area contributed by atoms with E-state index in [1.54, 1.807) is 7.11 Å². The van der Waals surface area contributed by atoms with Gasteiger partial charge in [0.1, 0.15) is 5.75 Å². The Morgan fingerprint density at radius 2 is 1.65 bits per heavy atom. The van der Waals surface area contributed by atoms with Gasteiger partial charge in [0.25, 0.3) is 0 Å². The summed E-state index contributed by atoms with van der Waals surface area (Å²) < 4.78 is 7.42. The molecule has 0 radical (unpaired) electrons. The van der Waals surface area contributed by atoms with E-state index in [-0.39, 0.29) is 5.38 Å². The molecule has 0 amide bonds. The second-order valence-electron chi connectivity index (χ2n) is 4.72.